The summed E-state index contributed by atoms with van der Waals surface area (Å²) in [5.41, 5.74) is 4.74. The van der Waals surface area contributed by atoms with Crippen molar-refractivity contribution in [1.29, 1.82) is 0 Å². The van der Waals surface area contributed by atoms with E-state index in [0.717, 1.165) is 6.07 Å². The quantitative estimate of drug-likeness (QED) is 0.543. The molecule has 14 heavy (non-hydrogen) atoms. The summed E-state index contributed by atoms with van der Waals surface area (Å²) < 4.78 is 13.0. The van der Waals surface area contributed by atoms with Gasteiger partial charge in [-0.3, -0.25) is 9.59 Å². The van der Waals surface area contributed by atoms with Crippen LogP contribution in [0.15, 0.2) is 24.3 Å². The van der Waals surface area contributed by atoms with E-state index in [1.54, 1.807) is 0 Å². The van der Waals surface area contributed by atoms with Gasteiger partial charge in [-0.25, -0.2) is 4.39 Å². The summed E-state index contributed by atoms with van der Waals surface area (Å²) in [6, 6.07) is 3.39. The van der Waals surface area contributed by atoms with Gasteiger partial charge < -0.3 is 10.8 Å². The van der Waals surface area contributed by atoms with E-state index in [1.807, 2.05) is 0 Å². The third-order valence-electron chi connectivity index (χ3n) is 1.69. The molecule has 0 bridgehead atoms. The minimum Gasteiger partial charge on any atom is -0.480 e. The highest BCUT2D eigenvalue weighted by Gasteiger charge is 2.24. The Bertz CT molecular complexity index is 378. The highest BCUT2D eigenvalue weighted by Crippen LogP contribution is 2.08. The molecule has 0 radical (unpaired) electrons. The fraction of sp³-hybridized carbons (Fsp3) is 0.111. The van der Waals surface area contributed by atoms with Crippen LogP contribution in [0, 0.1) is 5.82 Å². The van der Waals surface area contributed by atoms with Gasteiger partial charge in [0.1, 0.15) is 5.82 Å². The number of nitrogens with two attached hydrogens (primary N) is 1. The van der Waals surface area contributed by atoms with E-state index in [0.29, 0.717) is 0 Å². The van der Waals surface area contributed by atoms with Crippen LogP contribution >= 0.6 is 0 Å². The number of Topliss-reactive ketones (excluding diaryl/α,β-unsaturated/α-hetero) is 1. The van der Waals surface area contributed by atoms with E-state index >= 15 is 0 Å². The van der Waals surface area contributed by atoms with Crippen LogP contribution in [0.3, 0.4) is 0 Å². The monoisotopic (exact) mass is 197 g/mol. The highest BCUT2D eigenvalue weighted by atomic mass is 19.1. The smallest absolute Gasteiger partial charge is 0.328 e. The van der Waals surface area contributed by atoms with Crippen LogP contribution in [0.2, 0.25) is 0 Å². The van der Waals surface area contributed by atoms with Crippen molar-refractivity contribution >= 4 is 11.8 Å². The van der Waals surface area contributed by atoms with Crippen molar-refractivity contribution in [2.45, 2.75) is 6.04 Å². The number of hydrogen-bond acceptors (Lipinski definition) is 3. The number of carbonyl (C=O) groups is 2. The summed E-state index contributed by atoms with van der Waals surface area (Å²) >= 11 is 0. The lowest BCUT2D eigenvalue weighted by Crippen LogP contribution is -2.38. The topological polar surface area (TPSA) is 80.4 Å². The Hall–Kier alpha value is -1.75. The second-order valence-electron chi connectivity index (χ2n) is 2.66. The number of carboxylic acid groups (broad SMARTS) is 1. The SMILES string of the molecule is NC(C(=O)O)C(=O)c1ccccc1F. The molecule has 4 nitrogen and oxygen atoms in total. The molecular formula is C9H8FNO3. The van der Waals surface area contributed by atoms with Crippen molar-refractivity contribution in [2.24, 2.45) is 5.73 Å². The molecule has 0 heterocycles. The first-order valence-corrected chi connectivity index (χ1v) is 3.81. The van der Waals surface area contributed by atoms with Crippen LogP contribution in [0.1, 0.15) is 10.4 Å². The fourth-order valence-electron chi connectivity index (χ4n) is 0.941. The minimum absolute atomic E-state index is 0.303. The maximum absolute atomic E-state index is 13.0. The molecule has 0 aliphatic rings. The summed E-state index contributed by atoms with van der Waals surface area (Å²) in [6.07, 6.45) is 0. The molecule has 0 amide bonds. The van der Waals surface area contributed by atoms with E-state index < -0.39 is 23.6 Å². The third kappa shape index (κ3) is 1.94. The van der Waals surface area contributed by atoms with Gasteiger partial charge in [-0.05, 0) is 12.1 Å². The molecular weight excluding hydrogens is 189 g/mol. The molecule has 0 saturated carbocycles. The highest BCUT2D eigenvalue weighted by molar-refractivity contribution is 6.11. The molecule has 0 spiro atoms. The van der Waals surface area contributed by atoms with Crippen molar-refractivity contribution in [2.75, 3.05) is 0 Å². The summed E-state index contributed by atoms with van der Waals surface area (Å²) in [4.78, 5) is 21.6. The number of halogens is 1. The fourth-order valence-corrected chi connectivity index (χ4v) is 0.941. The van der Waals surface area contributed by atoms with E-state index in [1.165, 1.54) is 18.2 Å². The first-order valence-electron chi connectivity index (χ1n) is 3.81. The van der Waals surface area contributed by atoms with Crippen LogP contribution in [0.4, 0.5) is 4.39 Å². The van der Waals surface area contributed by atoms with Gasteiger partial charge >= 0.3 is 5.97 Å². The molecule has 0 aliphatic carbocycles. The molecule has 1 unspecified atom stereocenters. The van der Waals surface area contributed by atoms with Gasteiger partial charge in [0.2, 0.25) is 0 Å². The Kier molecular flexibility index (Phi) is 2.93. The molecule has 1 aromatic carbocycles. The molecule has 0 fully saturated rings. The normalized spacial score (nSPS) is 12.1. The molecule has 0 saturated heterocycles. The number of carboxylic acids is 1. The molecule has 0 aliphatic heterocycles. The molecule has 1 atom stereocenters. The summed E-state index contributed by atoms with van der Waals surface area (Å²) in [5.74, 6) is -3.18. The first-order chi connectivity index (χ1) is 6.54. The van der Waals surface area contributed by atoms with Gasteiger partial charge in [-0.2, -0.15) is 0 Å². The molecule has 1 aromatic rings. The Labute approximate surface area is 79.1 Å². The third-order valence-corrected chi connectivity index (χ3v) is 1.69. The summed E-state index contributed by atoms with van der Waals surface area (Å²) in [6.45, 7) is 0. The van der Waals surface area contributed by atoms with Crippen molar-refractivity contribution in [1.82, 2.24) is 0 Å². The van der Waals surface area contributed by atoms with Crippen molar-refractivity contribution in [3.05, 3.63) is 35.6 Å². The van der Waals surface area contributed by atoms with E-state index in [4.69, 9.17) is 10.8 Å². The maximum Gasteiger partial charge on any atom is 0.328 e. The van der Waals surface area contributed by atoms with Gasteiger partial charge in [0.05, 0.1) is 5.56 Å². The molecule has 74 valence electrons. The lowest BCUT2D eigenvalue weighted by Gasteiger charge is -2.05. The van der Waals surface area contributed by atoms with Gasteiger partial charge in [-0.15, -0.1) is 0 Å². The lowest BCUT2D eigenvalue weighted by atomic mass is 10.0. The lowest BCUT2D eigenvalue weighted by molar-refractivity contribution is -0.137. The largest absolute Gasteiger partial charge is 0.480 e. The summed E-state index contributed by atoms with van der Waals surface area (Å²) in [5, 5.41) is 8.44. The number of aliphatic carboxylic acids is 1. The second-order valence-corrected chi connectivity index (χ2v) is 2.66. The van der Waals surface area contributed by atoms with Crippen LogP contribution in [-0.4, -0.2) is 22.9 Å². The molecule has 0 aromatic heterocycles. The van der Waals surface area contributed by atoms with Crippen LogP contribution < -0.4 is 5.73 Å². The Morgan fingerprint density at radius 3 is 2.43 bits per heavy atom. The van der Waals surface area contributed by atoms with Crippen LogP contribution in [0.25, 0.3) is 0 Å². The predicted octanol–water partition coefficient (Wildman–Crippen LogP) is 0.420. The Morgan fingerprint density at radius 2 is 1.93 bits per heavy atom. The van der Waals surface area contributed by atoms with Crippen LogP contribution in [0.5, 0.6) is 0 Å². The Morgan fingerprint density at radius 1 is 1.36 bits per heavy atom. The first kappa shape index (κ1) is 10.3. The second kappa shape index (κ2) is 3.97. The average molecular weight is 197 g/mol. The minimum atomic E-state index is -1.72. The van der Waals surface area contributed by atoms with Gasteiger partial charge in [0, 0.05) is 0 Å². The number of carbonyl (C=O) groups excluding carboxylic acids is 1. The maximum atomic E-state index is 13.0. The number of ketones is 1. The zero-order valence-electron chi connectivity index (χ0n) is 7.11. The van der Waals surface area contributed by atoms with Gasteiger partial charge in [0.25, 0.3) is 0 Å². The Balaban J connectivity index is 3.01. The molecule has 1 rings (SSSR count). The van der Waals surface area contributed by atoms with Crippen molar-refractivity contribution in [3.8, 4) is 0 Å². The average Bonchev–Trinajstić information content (AvgIpc) is 2.16. The number of rotatable bonds is 3. The molecule has 5 heteroatoms. The van der Waals surface area contributed by atoms with E-state index in [-0.39, 0.29) is 5.56 Å². The predicted molar refractivity (Wildman–Crippen MR) is 46.3 cm³/mol. The zero-order valence-corrected chi connectivity index (χ0v) is 7.11. The van der Waals surface area contributed by atoms with Crippen molar-refractivity contribution in [3.63, 3.8) is 0 Å². The van der Waals surface area contributed by atoms with E-state index in [9.17, 15) is 14.0 Å². The number of benzene rings is 1. The van der Waals surface area contributed by atoms with Crippen LogP contribution in [-0.2, 0) is 4.79 Å². The zero-order chi connectivity index (χ0) is 10.7. The summed E-state index contributed by atoms with van der Waals surface area (Å²) in [7, 11) is 0. The molecule has 3 N–H and O–H groups in total. The standard InChI is InChI=1S/C9H8FNO3/c10-6-4-2-1-3-5(6)8(12)7(11)9(13)14/h1-4,7H,11H2,(H,13,14). The van der Waals surface area contributed by atoms with Crippen molar-refractivity contribution < 1.29 is 19.1 Å². The van der Waals surface area contributed by atoms with E-state index in [2.05, 4.69) is 0 Å². The van der Waals surface area contributed by atoms with Gasteiger partial charge in [0.15, 0.2) is 11.8 Å². The van der Waals surface area contributed by atoms with Gasteiger partial charge in [-0.1, -0.05) is 12.1 Å². The number of hydrogen-bond donors (Lipinski definition) is 2.